The molecule has 2 aliphatic rings. The van der Waals surface area contributed by atoms with Crippen molar-refractivity contribution in [3.05, 3.63) is 53.1 Å². The smallest absolute Gasteiger partial charge is 0.337 e. The lowest BCUT2D eigenvalue weighted by molar-refractivity contribution is -0.141. The van der Waals surface area contributed by atoms with E-state index in [-0.39, 0.29) is 23.8 Å². The van der Waals surface area contributed by atoms with Crippen LogP contribution in [0.5, 0.6) is 0 Å². The van der Waals surface area contributed by atoms with Crippen molar-refractivity contribution in [3.63, 3.8) is 0 Å². The first-order chi connectivity index (χ1) is 12.8. The van der Waals surface area contributed by atoms with Crippen molar-refractivity contribution in [1.82, 2.24) is 19.8 Å². The highest BCUT2D eigenvalue weighted by molar-refractivity contribution is 5.80. The number of aromatic amines is 1. The van der Waals surface area contributed by atoms with Gasteiger partial charge in [0, 0.05) is 31.6 Å². The van der Waals surface area contributed by atoms with Crippen LogP contribution < -0.4 is 0 Å². The molecule has 144 valence electrons. The van der Waals surface area contributed by atoms with Gasteiger partial charge in [0.05, 0.1) is 12.7 Å². The Hall–Kier alpha value is -2.35. The molecule has 1 aromatic carbocycles. The lowest BCUT2D eigenvalue weighted by Crippen LogP contribution is -2.36. The number of nitrogens with one attached hydrogen (secondary N) is 1. The highest BCUT2D eigenvalue weighted by Crippen LogP contribution is 2.34. The van der Waals surface area contributed by atoms with Crippen LogP contribution in [0.1, 0.15) is 35.5 Å². The Balaban J connectivity index is 1.44. The normalized spacial score (nSPS) is 23.3. The Morgan fingerprint density at radius 2 is 1.93 bits per heavy atom. The number of alkyl halides is 3. The molecule has 5 nitrogen and oxygen atoms in total. The molecule has 27 heavy (non-hydrogen) atoms. The molecule has 0 saturated carbocycles. The minimum atomic E-state index is -4.42. The number of amides is 1. The van der Waals surface area contributed by atoms with Gasteiger partial charge in [0.15, 0.2) is 0 Å². The minimum Gasteiger partial charge on any atom is -0.337 e. The molecule has 0 spiro atoms. The maximum Gasteiger partial charge on any atom is 0.432 e. The van der Waals surface area contributed by atoms with E-state index in [1.807, 2.05) is 36.1 Å². The van der Waals surface area contributed by atoms with Gasteiger partial charge in [-0.1, -0.05) is 29.8 Å². The number of H-pyrrole nitrogens is 1. The fraction of sp³-hybridized carbons (Fsp3) is 0.474. The van der Waals surface area contributed by atoms with E-state index in [0.29, 0.717) is 19.5 Å². The van der Waals surface area contributed by atoms with Crippen LogP contribution in [0, 0.1) is 6.92 Å². The average Bonchev–Trinajstić information content (AvgIpc) is 3.29. The number of carbonyl (C=O) groups excluding carboxylic acids is 1. The van der Waals surface area contributed by atoms with Crippen molar-refractivity contribution in [2.45, 2.75) is 51.1 Å². The predicted molar refractivity (Wildman–Crippen MR) is 92.5 cm³/mol. The Labute approximate surface area is 155 Å². The Morgan fingerprint density at radius 1 is 1.19 bits per heavy atom. The topological polar surface area (TPSA) is 52.2 Å². The zero-order valence-electron chi connectivity index (χ0n) is 15.0. The van der Waals surface area contributed by atoms with Gasteiger partial charge < -0.3 is 9.88 Å². The van der Waals surface area contributed by atoms with Crippen LogP contribution in [0.15, 0.2) is 30.5 Å². The number of likely N-dealkylation sites (tertiary alicyclic amines) is 2. The number of benzene rings is 1. The lowest BCUT2D eigenvalue weighted by atomic mass is 10.1. The molecular formula is C19H21F3N4O. The number of aryl methyl sites for hydroxylation is 1. The van der Waals surface area contributed by atoms with Gasteiger partial charge in [-0.25, -0.2) is 4.98 Å². The molecule has 0 unspecified atom stereocenters. The number of aromatic nitrogens is 2. The SMILES string of the molecule is Cc1ccc(CN2C(=O)C[C@H]3[C@@H]2CCN3Cc2ncc(C(F)(F)F)[nH]2)cc1. The van der Waals surface area contributed by atoms with Gasteiger partial charge in [0.25, 0.3) is 0 Å². The van der Waals surface area contributed by atoms with Crippen LogP contribution in [0.25, 0.3) is 0 Å². The van der Waals surface area contributed by atoms with E-state index in [9.17, 15) is 18.0 Å². The first kappa shape index (κ1) is 18.0. The van der Waals surface area contributed by atoms with Crippen molar-refractivity contribution >= 4 is 5.91 Å². The van der Waals surface area contributed by atoms with E-state index in [4.69, 9.17) is 0 Å². The van der Waals surface area contributed by atoms with Crippen molar-refractivity contribution in [1.29, 1.82) is 0 Å². The Bertz CT molecular complexity index is 830. The number of hydrogen-bond donors (Lipinski definition) is 1. The van der Waals surface area contributed by atoms with Gasteiger partial charge in [-0.05, 0) is 18.9 Å². The third kappa shape index (κ3) is 3.58. The van der Waals surface area contributed by atoms with Crippen molar-refractivity contribution in [2.24, 2.45) is 0 Å². The van der Waals surface area contributed by atoms with Crippen LogP contribution in [0.3, 0.4) is 0 Å². The minimum absolute atomic E-state index is 0.0300. The molecule has 2 saturated heterocycles. The average molecular weight is 378 g/mol. The van der Waals surface area contributed by atoms with Crippen molar-refractivity contribution in [2.75, 3.05) is 6.54 Å². The van der Waals surface area contributed by atoms with Gasteiger partial charge in [-0.3, -0.25) is 9.69 Å². The van der Waals surface area contributed by atoms with Gasteiger partial charge >= 0.3 is 6.18 Å². The van der Waals surface area contributed by atoms with Gasteiger partial charge in [0.1, 0.15) is 11.5 Å². The number of carbonyl (C=O) groups is 1. The molecule has 2 aromatic rings. The summed E-state index contributed by atoms with van der Waals surface area (Å²) in [6.07, 6.45) is -2.36. The van der Waals surface area contributed by atoms with Crippen LogP contribution in [-0.2, 0) is 24.1 Å². The Kier molecular flexibility index (Phi) is 4.46. The zero-order valence-corrected chi connectivity index (χ0v) is 15.0. The molecule has 1 N–H and O–H groups in total. The fourth-order valence-corrected chi connectivity index (χ4v) is 4.08. The van der Waals surface area contributed by atoms with E-state index < -0.39 is 11.9 Å². The number of rotatable bonds is 4. The summed E-state index contributed by atoms with van der Waals surface area (Å²) in [4.78, 5) is 22.7. The van der Waals surface area contributed by atoms with E-state index in [2.05, 4.69) is 14.9 Å². The van der Waals surface area contributed by atoms with Crippen molar-refractivity contribution in [3.8, 4) is 0 Å². The van der Waals surface area contributed by atoms with E-state index in [0.717, 1.165) is 24.7 Å². The standard InChI is InChI=1S/C19H21F3N4O/c1-12-2-4-13(5-3-12)10-26-14-6-7-25(15(14)8-18(26)27)11-17-23-9-16(24-17)19(20,21)22/h2-5,9,14-15H,6-8,10-11H2,1H3,(H,23,24)/t14-,15-/m0/s1. The Morgan fingerprint density at radius 3 is 2.59 bits per heavy atom. The summed E-state index contributed by atoms with van der Waals surface area (Å²) in [6.45, 7) is 3.64. The number of halogens is 3. The fourth-order valence-electron chi connectivity index (χ4n) is 4.08. The first-order valence-electron chi connectivity index (χ1n) is 9.01. The second kappa shape index (κ2) is 6.67. The number of fused-ring (bicyclic) bond motifs is 1. The molecule has 0 bridgehead atoms. The number of nitrogens with zero attached hydrogens (tertiary/aromatic N) is 3. The molecule has 0 aliphatic carbocycles. The lowest BCUT2D eigenvalue weighted by Gasteiger charge is -2.25. The quantitative estimate of drug-likeness (QED) is 0.890. The van der Waals surface area contributed by atoms with Gasteiger partial charge in [-0.15, -0.1) is 0 Å². The largest absolute Gasteiger partial charge is 0.432 e. The van der Waals surface area contributed by atoms with Crippen molar-refractivity contribution < 1.29 is 18.0 Å². The summed E-state index contributed by atoms with van der Waals surface area (Å²) in [5.74, 6) is 0.387. The molecule has 2 fully saturated rings. The molecule has 0 radical (unpaired) electrons. The van der Waals surface area contributed by atoms with E-state index in [1.54, 1.807) is 0 Å². The van der Waals surface area contributed by atoms with Crippen LogP contribution >= 0.6 is 0 Å². The second-order valence-corrected chi connectivity index (χ2v) is 7.35. The van der Waals surface area contributed by atoms with Crippen LogP contribution in [0.2, 0.25) is 0 Å². The molecule has 3 heterocycles. The number of imidazole rings is 1. The maximum atomic E-state index is 12.7. The molecule has 2 atom stereocenters. The predicted octanol–water partition coefficient (Wildman–Crippen LogP) is 3.11. The molecule has 8 heteroatoms. The molecule has 1 aromatic heterocycles. The third-order valence-electron chi connectivity index (χ3n) is 5.49. The summed E-state index contributed by atoms with van der Waals surface area (Å²) in [5, 5.41) is 0. The third-order valence-corrected chi connectivity index (χ3v) is 5.49. The zero-order chi connectivity index (χ0) is 19.2. The van der Waals surface area contributed by atoms with E-state index >= 15 is 0 Å². The summed E-state index contributed by atoms with van der Waals surface area (Å²) >= 11 is 0. The van der Waals surface area contributed by atoms with E-state index in [1.165, 1.54) is 5.56 Å². The highest BCUT2D eigenvalue weighted by Gasteiger charge is 2.46. The molecule has 1 amide bonds. The van der Waals surface area contributed by atoms with Gasteiger partial charge in [-0.2, -0.15) is 13.2 Å². The summed E-state index contributed by atoms with van der Waals surface area (Å²) < 4.78 is 38.2. The number of hydrogen-bond acceptors (Lipinski definition) is 3. The highest BCUT2D eigenvalue weighted by atomic mass is 19.4. The van der Waals surface area contributed by atoms with Crippen LogP contribution in [-0.4, -0.2) is 44.3 Å². The van der Waals surface area contributed by atoms with Crippen LogP contribution in [0.4, 0.5) is 13.2 Å². The summed E-state index contributed by atoms with van der Waals surface area (Å²) in [6, 6.07) is 8.26. The molecular weight excluding hydrogens is 357 g/mol. The monoisotopic (exact) mass is 378 g/mol. The molecule has 2 aliphatic heterocycles. The maximum absolute atomic E-state index is 12.7. The summed E-state index contributed by atoms with van der Waals surface area (Å²) in [7, 11) is 0. The second-order valence-electron chi connectivity index (χ2n) is 7.35. The first-order valence-corrected chi connectivity index (χ1v) is 9.01. The van der Waals surface area contributed by atoms with Gasteiger partial charge in [0.2, 0.25) is 5.91 Å². The summed E-state index contributed by atoms with van der Waals surface area (Å²) in [5.41, 5.74) is 1.43. The molecule has 4 rings (SSSR count).